The number of carboxylic acids is 1. The summed E-state index contributed by atoms with van der Waals surface area (Å²) >= 11 is 6.20. The Balaban J connectivity index is 2.33. The molecule has 0 fully saturated rings. The second-order valence-corrected chi connectivity index (χ2v) is 5.91. The van der Waals surface area contributed by atoms with Crippen LogP contribution in [-0.4, -0.2) is 18.2 Å². The summed E-state index contributed by atoms with van der Waals surface area (Å²) < 4.78 is 20.1. The van der Waals surface area contributed by atoms with Gasteiger partial charge in [0.1, 0.15) is 5.75 Å². The van der Waals surface area contributed by atoms with Crippen LogP contribution in [0.2, 0.25) is 5.02 Å². The van der Waals surface area contributed by atoms with Crippen LogP contribution in [0.25, 0.3) is 17.2 Å². The van der Waals surface area contributed by atoms with Gasteiger partial charge in [0.15, 0.2) is 5.82 Å². The first-order chi connectivity index (χ1) is 11.4. The van der Waals surface area contributed by atoms with E-state index in [1.807, 2.05) is 18.2 Å². The largest absolute Gasteiger partial charge is 0.497 e. The molecule has 0 bridgehead atoms. The van der Waals surface area contributed by atoms with Gasteiger partial charge < -0.3 is 15.6 Å². The van der Waals surface area contributed by atoms with Gasteiger partial charge in [-0.25, -0.2) is 9.18 Å². The molecule has 0 saturated carbocycles. The number of fused-ring (bicyclic) bond motifs is 1. The molecule has 0 amide bonds. The van der Waals surface area contributed by atoms with E-state index in [2.05, 4.69) is 0 Å². The van der Waals surface area contributed by atoms with E-state index in [1.165, 1.54) is 13.2 Å². The maximum Gasteiger partial charge on any atom is 0.337 e. The first-order valence-corrected chi connectivity index (χ1v) is 7.70. The van der Waals surface area contributed by atoms with Crippen LogP contribution in [0.15, 0.2) is 24.3 Å². The van der Waals surface area contributed by atoms with E-state index in [9.17, 15) is 9.18 Å². The normalized spacial score (nSPS) is 12.8. The minimum atomic E-state index is -1.33. The highest BCUT2D eigenvalue weighted by molar-refractivity contribution is 6.34. The molecule has 6 heteroatoms. The lowest BCUT2D eigenvalue weighted by atomic mass is 9.88. The van der Waals surface area contributed by atoms with Crippen molar-refractivity contribution in [2.45, 2.75) is 12.8 Å². The third kappa shape index (κ3) is 2.61. The highest BCUT2D eigenvalue weighted by Crippen LogP contribution is 2.41. The maximum absolute atomic E-state index is 14.8. The molecule has 2 aromatic rings. The van der Waals surface area contributed by atoms with Crippen LogP contribution in [0, 0.1) is 5.82 Å². The fourth-order valence-electron chi connectivity index (χ4n) is 2.91. The van der Waals surface area contributed by atoms with Gasteiger partial charge in [-0.05, 0) is 47.7 Å². The average Bonchev–Trinajstić information content (AvgIpc) is 2.57. The van der Waals surface area contributed by atoms with Crippen LogP contribution in [0.1, 0.15) is 27.9 Å². The van der Waals surface area contributed by atoms with Crippen molar-refractivity contribution in [3.05, 3.63) is 51.8 Å². The van der Waals surface area contributed by atoms with Gasteiger partial charge in [0.25, 0.3) is 0 Å². The van der Waals surface area contributed by atoms with E-state index in [-0.39, 0.29) is 16.1 Å². The Hall–Kier alpha value is -2.53. The predicted molar refractivity (Wildman–Crippen MR) is 92.1 cm³/mol. The molecule has 3 N–H and O–H groups in total. The molecule has 4 nitrogen and oxygen atoms in total. The lowest BCUT2D eigenvalue weighted by Crippen LogP contribution is -2.07. The highest BCUT2D eigenvalue weighted by Gasteiger charge is 2.23. The van der Waals surface area contributed by atoms with Gasteiger partial charge in [-0.15, -0.1) is 0 Å². The van der Waals surface area contributed by atoms with Gasteiger partial charge in [-0.2, -0.15) is 0 Å². The molecule has 3 rings (SSSR count). The predicted octanol–water partition coefficient (Wildman–Crippen LogP) is 4.39. The molecule has 0 aromatic heterocycles. The molecule has 24 heavy (non-hydrogen) atoms. The Labute approximate surface area is 143 Å². The number of carbonyl (C=O) groups is 1. The first-order valence-electron chi connectivity index (χ1n) is 7.32. The topological polar surface area (TPSA) is 72.5 Å². The highest BCUT2D eigenvalue weighted by atomic mass is 35.5. The SMILES string of the molecule is COc1cc2c(c(-c3c(Cl)cc(C(=O)O)c(N)c3F)c1)C=CCC2. The molecular weight excluding hydrogens is 333 g/mol. The van der Waals surface area contributed by atoms with Crippen molar-refractivity contribution in [1.82, 2.24) is 0 Å². The molecule has 124 valence electrons. The Morgan fingerprint density at radius 2 is 2.12 bits per heavy atom. The summed E-state index contributed by atoms with van der Waals surface area (Å²) in [6.45, 7) is 0. The van der Waals surface area contributed by atoms with Crippen molar-refractivity contribution < 1.29 is 19.0 Å². The number of allylic oxidation sites excluding steroid dienone is 1. The van der Waals surface area contributed by atoms with Crippen LogP contribution < -0.4 is 10.5 Å². The summed E-state index contributed by atoms with van der Waals surface area (Å²) in [4.78, 5) is 11.2. The van der Waals surface area contributed by atoms with E-state index >= 15 is 0 Å². The lowest BCUT2D eigenvalue weighted by Gasteiger charge is -2.19. The van der Waals surface area contributed by atoms with Crippen LogP contribution in [0.3, 0.4) is 0 Å². The summed E-state index contributed by atoms with van der Waals surface area (Å²) in [5.41, 5.74) is 7.36. The van der Waals surface area contributed by atoms with E-state index in [0.29, 0.717) is 11.3 Å². The molecule has 0 spiro atoms. The number of halogens is 2. The minimum Gasteiger partial charge on any atom is -0.497 e. The Morgan fingerprint density at radius 3 is 2.79 bits per heavy atom. The standard InChI is InChI=1S/C18H15ClFNO3/c1-24-10-6-9-4-2-3-5-11(9)12(7-10)15-14(19)8-13(18(22)23)17(21)16(15)20/h3,5-8H,2,4,21H2,1H3,(H,22,23). The number of ether oxygens (including phenoxy) is 1. The quantitative estimate of drug-likeness (QED) is 0.807. The van der Waals surface area contributed by atoms with Gasteiger partial charge in [0.2, 0.25) is 0 Å². The fraction of sp³-hybridized carbons (Fsp3) is 0.167. The number of nitrogens with two attached hydrogens (primary N) is 1. The number of hydrogen-bond acceptors (Lipinski definition) is 3. The van der Waals surface area contributed by atoms with Crippen LogP contribution in [-0.2, 0) is 6.42 Å². The molecule has 0 atom stereocenters. The van der Waals surface area contributed by atoms with Crippen LogP contribution >= 0.6 is 11.6 Å². The molecule has 0 unspecified atom stereocenters. The molecule has 0 heterocycles. The van der Waals surface area contributed by atoms with E-state index in [1.54, 1.807) is 6.07 Å². The van der Waals surface area contributed by atoms with Gasteiger partial charge in [0, 0.05) is 5.56 Å². The molecule has 1 aliphatic rings. The Kier molecular flexibility index (Phi) is 4.20. The van der Waals surface area contributed by atoms with E-state index in [0.717, 1.165) is 24.0 Å². The number of methoxy groups -OCH3 is 1. The third-order valence-electron chi connectivity index (χ3n) is 4.10. The van der Waals surface area contributed by atoms with Crippen molar-refractivity contribution in [2.75, 3.05) is 12.8 Å². The Bertz CT molecular complexity index is 877. The zero-order chi connectivity index (χ0) is 17.4. The number of hydrogen-bond donors (Lipinski definition) is 2. The van der Waals surface area contributed by atoms with E-state index < -0.39 is 17.5 Å². The van der Waals surface area contributed by atoms with Crippen molar-refractivity contribution in [3.8, 4) is 16.9 Å². The van der Waals surface area contributed by atoms with Crippen LogP contribution in [0.4, 0.5) is 10.1 Å². The van der Waals surface area contributed by atoms with Gasteiger partial charge >= 0.3 is 5.97 Å². The molecule has 1 aliphatic carbocycles. The second-order valence-electron chi connectivity index (χ2n) is 5.50. The first kappa shape index (κ1) is 16.3. The number of nitrogen functional groups attached to an aromatic ring is 1. The molecule has 0 saturated heterocycles. The third-order valence-corrected chi connectivity index (χ3v) is 4.39. The Morgan fingerprint density at radius 1 is 1.38 bits per heavy atom. The monoisotopic (exact) mass is 347 g/mol. The summed E-state index contributed by atoms with van der Waals surface area (Å²) in [6, 6.07) is 4.76. The zero-order valence-electron chi connectivity index (χ0n) is 12.9. The fourth-order valence-corrected chi connectivity index (χ4v) is 3.20. The second kappa shape index (κ2) is 6.17. The lowest BCUT2D eigenvalue weighted by molar-refractivity contribution is 0.0697. The number of aromatic carboxylic acids is 1. The van der Waals surface area contributed by atoms with Gasteiger partial charge in [-0.1, -0.05) is 23.8 Å². The molecule has 0 radical (unpaired) electrons. The molecular formula is C18H15ClFNO3. The summed E-state index contributed by atoms with van der Waals surface area (Å²) in [7, 11) is 1.53. The number of carboxylic acid groups (broad SMARTS) is 1. The average molecular weight is 348 g/mol. The van der Waals surface area contributed by atoms with Crippen molar-refractivity contribution in [3.63, 3.8) is 0 Å². The van der Waals surface area contributed by atoms with Crippen LogP contribution in [0.5, 0.6) is 5.75 Å². The number of aryl methyl sites for hydroxylation is 1. The van der Waals surface area contributed by atoms with Crippen molar-refractivity contribution >= 4 is 29.3 Å². The number of anilines is 1. The van der Waals surface area contributed by atoms with Crippen molar-refractivity contribution in [2.24, 2.45) is 0 Å². The van der Waals surface area contributed by atoms with Gasteiger partial charge in [0.05, 0.1) is 23.4 Å². The van der Waals surface area contributed by atoms with Gasteiger partial charge in [-0.3, -0.25) is 0 Å². The number of rotatable bonds is 3. The number of benzene rings is 2. The maximum atomic E-state index is 14.8. The summed E-state index contributed by atoms with van der Waals surface area (Å²) in [6.07, 6.45) is 5.59. The summed E-state index contributed by atoms with van der Waals surface area (Å²) in [5.74, 6) is -1.59. The summed E-state index contributed by atoms with van der Waals surface area (Å²) in [5, 5.41) is 9.11. The smallest absolute Gasteiger partial charge is 0.337 e. The minimum absolute atomic E-state index is 0.00599. The molecule has 2 aromatic carbocycles. The zero-order valence-corrected chi connectivity index (χ0v) is 13.7. The molecule has 0 aliphatic heterocycles. The van der Waals surface area contributed by atoms with Crippen molar-refractivity contribution in [1.29, 1.82) is 0 Å². The van der Waals surface area contributed by atoms with E-state index in [4.69, 9.17) is 27.2 Å².